The monoisotopic (exact) mass is 380 g/mol. The Morgan fingerprint density at radius 3 is 2.61 bits per heavy atom. The zero-order chi connectivity index (χ0) is 20.3. The molecule has 0 aliphatic rings. The van der Waals surface area contributed by atoms with Crippen molar-refractivity contribution >= 4 is 6.03 Å². The van der Waals surface area contributed by atoms with E-state index in [0.717, 1.165) is 28.2 Å². The van der Waals surface area contributed by atoms with Gasteiger partial charge in [0.25, 0.3) is 0 Å². The Hall–Kier alpha value is -3.09. The van der Waals surface area contributed by atoms with E-state index in [4.69, 9.17) is 0 Å². The van der Waals surface area contributed by atoms with Gasteiger partial charge in [-0.3, -0.25) is 4.68 Å². The molecule has 0 aliphatic heterocycles. The zero-order valence-electron chi connectivity index (χ0n) is 17.2. The number of aryl methyl sites for hydroxylation is 2. The van der Waals surface area contributed by atoms with Crippen molar-refractivity contribution in [2.75, 3.05) is 13.6 Å². The van der Waals surface area contributed by atoms with Crippen molar-refractivity contribution in [2.45, 2.75) is 40.8 Å². The van der Waals surface area contributed by atoms with Crippen molar-refractivity contribution in [1.82, 2.24) is 29.8 Å². The predicted molar refractivity (Wildman–Crippen MR) is 110 cm³/mol. The van der Waals surface area contributed by atoms with Crippen LogP contribution in [0.2, 0.25) is 0 Å². The minimum atomic E-state index is -0.109. The van der Waals surface area contributed by atoms with Gasteiger partial charge in [0.1, 0.15) is 0 Å². The van der Waals surface area contributed by atoms with Crippen LogP contribution in [0.4, 0.5) is 4.79 Å². The third-order valence-electron chi connectivity index (χ3n) is 5.11. The molecule has 3 aromatic rings. The summed E-state index contributed by atoms with van der Waals surface area (Å²) in [5.74, 6) is 0. The highest BCUT2D eigenvalue weighted by atomic mass is 16.2. The van der Waals surface area contributed by atoms with Crippen LogP contribution in [0.5, 0.6) is 0 Å². The maximum Gasteiger partial charge on any atom is 0.317 e. The van der Waals surface area contributed by atoms with Gasteiger partial charge in [-0.15, -0.1) is 0 Å². The Balaban J connectivity index is 1.53. The molecule has 0 saturated carbocycles. The van der Waals surface area contributed by atoms with Crippen molar-refractivity contribution in [2.24, 2.45) is 0 Å². The molecule has 0 bridgehead atoms. The minimum Gasteiger partial charge on any atom is -0.336 e. The van der Waals surface area contributed by atoms with Crippen molar-refractivity contribution in [1.29, 1.82) is 0 Å². The Morgan fingerprint density at radius 1 is 1.18 bits per heavy atom. The van der Waals surface area contributed by atoms with Gasteiger partial charge in [-0.2, -0.15) is 10.2 Å². The van der Waals surface area contributed by atoms with Gasteiger partial charge in [0, 0.05) is 31.0 Å². The summed E-state index contributed by atoms with van der Waals surface area (Å²) in [6.45, 7) is 9.87. The lowest BCUT2D eigenvalue weighted by atomic mass is 10.2. The highest BCUT2D eigenvalue weighted by molar-refractivity contribution is 5.73. The van der Waals surface area contributed by atoms with Gasteiger partial charge in [0.2, 0.25) is 0 Å². The van der Waals surface area contributed by atoms with Crippen LogP contribution in [0.1, 0.15) is 28.1 Å². The first kappa shape index (κ1) is 19.7. The Labute approximate surface area is 166 Å². The number of carbonyl (C=O) groups excluding carboxylic acids is 1. The standard InChI is InChI=1S/C21H28N6O/c1-15-8-6-7-9-20(15)27-14-19(12-23-27)13-25(5)21(28)22-10-11-26-18(4)16(2)17(3)24-26/h6-9,12,14H,10-11,13H2,1-5H3,(H,22,28). The lowest BCUT2D eigenvalue weighted by Gasteiger charge is -2.17. The lowest BCUT2D eigenvalue weighted by Crippen LogP contribution is -2.38. The number of aromatic nitrogens is 4. The summed E-state index contributed by atoms with van der Waals surface area (Å²) < 4.78 is 3.79. The number of para-hydroxylation sites is 1. The average Bonchev–Trinajstić information content (AvgIpc) is 3.22. The molecule has 0 unspecified atom stereocenters. The predicted octanol–water partition coefficient (Wildman–Crippen LogP) is 3.14. The van der Waals surface area contributed by atoms with Gasteiger partial charge in [0.05, 0.1) is 30.7 Å². The third-order valence-corrected chi connectivity index (χ3v) is 5.11. The fourth-order valence-corrected chi connectivity index (χ4v) is 3.15. The molecule has 0 radical (unpaired) electrons. The number of urea groups is 1. The largest absolute Gasteiger partial charge is 0.336 e. The molecule has 0 atom stereocenters. The fourth-order valence-electron chi connectivity index (χ4n) is 3.15. The first-order valence-electron chi connectivity index (χ1n) is 9.46. The van der Waals surface area contributed by atoms with Crippen LogP contribution in [0.15, 0.2) is 36.7 Å². The Kier molecular flexibility index (Phi) is 5.82. The molecule has 0 fully saturated rings. The van der Waals surface area contributed by atoms with Crippen LogP contribution in [0.3, 0.4) is 0 Å². The third kappa shape index (κ3) is 4.24. The molecule has 0 spiro atoms. The van der Waals surface area contributed by atoms with Crippen molar-refractivity contribution < 1.29 is 4.79 Å². The number of hydrogen-bond acceptors (Lipinski definition) is 3. The highest BCUT2D eigenvalue weighted by Gasteiger charge is 2.12. The molecule has 3 rings (SSSR count). The summed E-state index contributed by atoms with van der Waals surface area (Å²) in [7, 11) is 1.79. The van der Waals surface area contributed by atoms with Crippen molar-refractivity contribution in [3.8, 4) is 5.69 Å². The van der Waals surface area contributed by atoms with Crippen LogP contribution in [-0.2, 0) is 13.1 Å². The van der Waals surface area contributed by atoms with E-state index in [2.05, 4.69) is 42.4 Å². The molecule has 7 nitrogen and oxygen atoms in total. The maximum absolute atomic E-state index is 12.4. The minimum absolute atomic E-state index is 0.109. The van der Waals surface area contributed by atoms with Crippen LogP contribution in [0, 0.1) is 27.7 Å². The van der Waals surface area contributed by atoms with E-state index >= 15 is 0 Å². The van der Waals surface area contributed by atoms with Crippen LogP contribution >= 0.6 is 0 Å². The SMILES string of the molecule is Cc1ccccc1-n1cc(CN(C)C(=O)NCCn2nc(C)c(C)c2C)cn1. The first-order valence-corrected chi connectivity index (χ1v) is 9.46. The number of carbonyl (C=O) groups is 1. The van der Waals surface area contributed by atoms with Crippen molar-refractivity contribution in [3.63, 3.8) is 0 Å². The van der Waals surface area contributed by atoms with Gasteiger partial charge in [-0.1, -0.05) is 18.2 Å². The van der Waals surface area contributed by atoms with E-state index in [-0.39, 0.29) is 6.03 Å². The second kappa shape index (κ2) is 8.29. The Morgan fingerprint density at radius 2 is 1.93 bits per heavy atom. The van der Waals surface area contributed by atoms with E-state index in [1.54, 1.807) is 18.1 Å². The lowest BCUT2D eigenvalue weighted by molar-refractivity contribution is 0.206. The van der Waals surface area contributed by atoms with Crippen LogP contribution < -0.4 is 5.32 Å². The first-order chi connectivity index (χ1) is 13.4. The number of nitrogens with one attached hydrogen (secondary N) is 1. The van der Waals surface area contributed by atoms with E-state index in [1.165, 1.54) is 5.56 Å². The van der Waals surface area contributed by atoms with E-state index < -0.39 is 0 Å². The summed E-state index contributed by atoms with van der Waals surface area (Å²) in [5, 5.41) is 11.9. The quantitative estimate of drug-likeness (QED) is 0.714. The second-order valence-electron chi connectivity index (χ2n) is 7.19. The smallest absolute Gasteiger partial charge is 0.317 e. The van der Waals surface area contributed by atoms with Gasteiger partial charge >= 0.3 is 6.03 Å². The van der Waals surface area contributed by atoms with Crippen molar-refractivity contribution in [3.05, 3.63) is 64.7 Å². The molecule has 28 heavy (non-hydrogen) atoms. The molecule has 0 saturated heterocycles. The number of amides is 2. The van der Waals surface area contributed by atoms with Gasteiger partial charge < -0.3 is 10.2 Å². The summed E-state index contributed by atoms with van der Waals surface area (Å²) in [6.07, 6.45) is 3.76. The second-order valence-corrected chi connectivity index (χ2v) is 7.19. The number of benzene rings is 1. The summed E-state index contributed by atoms with van der Waals surface area (Å²) in [5.41, 5.74) is 6.56. The highest BCUT2D eigenvalue weighted by Crippen LogP contribution is 2.14. The summed E-state index contributed by atoms with van der Waals surface area (Å²) in [4.78, 5) is 14.0. The van der Waals surface area contributed by atoms with Gasteiger partial charge in [-0.25, -0.2) is 9.48 Å². The number of hydrogen-bond donors (Lipinski definition) is 1. The van der Waals surface area contributed by atoms with Crippen LogP contribution in [-0.4, -0.2) is 44.1 Å². The molecule has 0 aliphatic carbocycles. The molecule has 1 aromatic carbocycles. The molecular formula is C21H28N6O. The van der Waals surface area contributed by atoms with E-state index in [0.29, 0.717) is 19.6 Å². The molecule has 7 heteroatoms. The summed E-state index contributed by atoms with van der Waals surface area (Å²) in [6, 6.07) is 7.98. The molecule has 2 heterocycles. The number of nitrogens with zero attached hydrogens (tertiary/aromatic N) is 5. The molecule has 2 aromatic heterocycles. The average molecular weight is 380 g/mol. The normalized spacial score (nSPS) is 10.9. The fraction of sp³-hybridized carbons (Fsp3) is 0.381. The topological polar surface area (TPSA) is 68.0 Å². The van der Waals surface area contributed by atoms with Gasteiger partial charge in [-0.05, 0) is 44.9 Å². The molecule has 2 amide bonds. The zero-order valence-corrected chi connectivity index (χ0v) is 17.2. The van der Waals surface area contributed by atoms with E-state index in [9.17, 15) is 4.79 Å². The Bertz CT molecular complexity index is 971. The molecule has 1 N–H and O–H groups in total. The van der Waals surface area contributed by atoms with E-state index in [1.807, 2.05) is 40.7 Å². The maximum atomic E-state index is 12.4. The molecular weight excluding hydrogens is 352 g/mol. The van der Waals surface area contributed by atoms with Gasteiger partial charge in [0.15, 0.2) is 0 Å². The molecule has 148 valence electrons. The number of rotatable bonds is 6. The summed E-state index contributed by atoms with van der Waals surface area (Å²) >= 11 is 0. The van der Waals surface area contributed by atoms with Crippen LogP contribution in [0.25, 0.3) is 5.69 Å².